The summed E-state index contributed by atoms with van der Waals surface area (Å²) in [5.74, 6) is -1.86. The van der Waals surface area contributed by atoms with Crippen LogP contribution in [0.2, 0.25) is 0 Å². The minimum Gasteiger partial charge on any atom is -0.388 e. The third kappa shape index (κ3) is 5.00. The molecule has 0 aromatic carbocycles. The summed E-state index contributed by atoms with van der Waals surface area (Å²) in [5.41, 5.74) is 6.49. The molecule has 152 valence electrons. The van der Waals surface area contributed by atoms with E-state index >= 15 is 0 Å². The fraction of sp³-hybridized carbons (Fsp3) is 0.684. The summed E-state index contributed by atoms with van der Waals surface area (Å²) in [6, 6.07) is 3.83. The Labute approximate surface area is 164 Å². The van der Waals surface area contributed by atoms with Crippen LogP contribution in [0, 0.1) is 5.92 Å². The maximum absolute atomic E-state index is 12.0. The number of aromatic nitrogens is 1. The summed E-state index contributed by atoms with van der Waals surface area (Å²) < 4.78 is 5.89. The van der Waals surface area contributed by atoms with Gasteiger partial charge in [0.05, 0.1) is 6.10 Å². The van der Waals surface area contributed by atoms with E-state index in [1.807, 2.05) is 12.1 Å². The highest BCUT2D eigenvalue weighted by molar-refractivity contribution is 7.99. The fourth-order valence-corrected chi connectivity index (χ4v) is 4.14. The summed E-state index contributed by atoms with van der Waals surface area (Å²) in [6.45, 7) is 3.77. The Hall–Kier alpha value is -1.19. The van der Waals surface area contributed by atoms with E-state index < -0.39 is 47.6 Å². The number of rotatable bonds is 8. The van der Waals surface area contributed by atoms with Crippen LogP contribution in [0.1, 0.15) is 43.9 Å². The maximum Gasteiger partial charge on any atom is 0.221 e. The van der Waals surface area contributed by atoms with Crippen molar-refractivity contribution in [1.29, 1.82) is 0 Å². The quantitative estimate of drug-likeness (QED) is 0.510. The van der Waals surface area contributed by atoms with Gasteiger partial charge in [0.15, 0.2) is 0 Å². The number of amides is 1. The van der Waals surface area contributed by atoms with Crippen molar-refractivity contribution in [1.82, 2.24) is 4.98 Å². The molecule has 0 radical (unpaired) electrons. The number of primary amides is 1. The minimum absolute atomic E-state index is 0.544. The molecule has 8 heteroatoms. The van der Waals surface area contributed by atoms with Gasteiger partial charge in [-0.05, 0) is 36.8 Å². The van der Waals surface area contributed by atoms with E-state index in [1.165, 1.54) is 11.8 Å². The van der Waals surface area contributed by atoms with Crippen molar-refractivity contribution in [2.24, 2.45) is 11.7 Å². The molecule has 2 rings (SSSR count). The number of aliphatic hydroxyl groups excluding tert-OH is 3. The van der Waals surface area contributed by atoms with Crippen LogP contribution in [0.25, 0.3) is 0 Å². The van der Waals surface area contributed by atoms with Crippen LogP contribution in [0.5, 0.6) is 0 Å². The second kappa shape index (κ2) is 9.84. The zero-order chi connectivity index (χ0) is 20.1. The van der Waals surface area contributed by atoms with Crippen LogP contribution in [-0.4, -0.2) is 62.3 Å². The lowest BCUT2D eigenvalue weighted by molar-refractivity contribution is -0.206. The maximum atomic E-state index is 12.0. The van der Waals surface area contributed by atoms with Crippen molar-refractivity contribution in [3.05, 3.63) is 29.6 Å². The smallest absolute Gasteiger partial charge is 0.221 e. The number of hydrogen-bond acceptors (Lipinski definition) is 7. The Balaban J connectivity index is 2.41. The lowest BCUT2D eigenvalue weighted by Crippen LogP contribution is -2.59. The number of ether oxygens (including phenoxy) is 1. The summed E-state index contributed by atoms with van der Waals surface area (Å²) >= 11 is 1.23. The van der Waals surface area contributed by atoms with Gasteiger partial charge in [-0.15, -0.1) is 11.8 Å². The first kappa shape index (κ1) is 22.1. The van der Waals surface area contributed by atoms with E-state index in [0.717, 1.165) is 24.8 Å². The fourth-order valence-electron chi connectivity index (χ4n) is 3.46. The number of pyridine rings is 1. The van der Waals surface area contributed by atoms with Crippen molar-refractivity contribution in [3.63, 3.8) is 0 Å². The van der Waals surface area contributed by atoms with Crippen molar-refractivity contribution in [3.8, 4) is 0 Å². The van der Waals surface area contributed by atoms with E-state index in [2.05, 4.69) is 11.9 Å². The molecule has 0 saturated carbocycles. The molecule has 7 unspecified atom stereocenters. The molecule has 1 aromatic heterocycles. The van der Waals surface area contributed by atoms with Gasteiger partial charge in [-0.1, -0.05) is 20.3 Å². The lowest BCUT2D eigenvalue weighted by atomic mass is 9.79. The van der Waals surface area contributed by atoms with E-state index in [-0.39, 0.29) is 0 Å². The second-order valence-electron chi connectivity index (χ2n) is 7.09. The van der Waals surface area contributed by atoms with Gasteiger partial charge < -0.3 is 25.8 Å². The number of aryl methyl sites for hydroxylation is 1. The summed E-state index contributed by atoms with van der Waals surface area (Å²) in [5, 5.41) is 30.9. The third-order valence-corrected chi connectivity index (χ3v) is 6.04. The third-order valence-electron chi connectivity index (χ3n) is 5.19. The van der Waals surface area contributed by atoms with E-state index in [1.54, 1.807) is 19.4 Å². The second-order valence-corrected chi connectivity index (χ2v) is 8.02. The van der Waals surface area contributed by atoms with Crippen LogP contribution < -0.4 is 5.73 Å². The number of aliphatic hydroxyl groups is 3. The monoisotopic (exact) mass is 398 g/mol. The highest BCUT2D eigenvalue weighted by Gasteiger charge is 2.49. The molecular formula is C19H30N2O5S. The zero-order valence-corrected chi connectivity index (χ0v) is 16.8. The number of carbonyl (C=O) groups is 1. The molecule has 27 heavy (non-hydrogen) atoms. The molecular weight excluding hydrogens is 368 g/mol. The number of nitrogens with two attached hydrogens (primary N) is 1. The van der Waals surface area contributed by atoms with Gasteiger partial charge in [-0.3, -0.25) is 9.78 Å². The molecule has 0 bridgehead atoms. The molecule has 7 nitrogen and oxygen atoms in total. The largest absolute Gasteiger partial charge is 0.388 e. The van der Waals surface area contributed by atoms with Crippen molar-refractivity contribution < 1.29 is 24.9 Å². The summed E-state index contributed by atoms with van der Waals surface area (Å²) in [4.78, 5) is 16.4. The number of thioether (sulfide) groups is 1. The Morgan fingerprint density at radius 1 is 1.33 bits per heavy atom. The first-order chi connectivity index (χ1) is 12.8. The predicted molar refractivity (Wildman–Crippen MR) is 104 cm³/mol. The molecule has 0 aliphatic carbocycles. The highest BCUT2D eigenvalue weighted by atomic mass is 32.2. The van der Waals surface area contributed by atoms with E-state index in [9.17, 15) is 20.1 Å². The number of carbonyl (C=O) groups excluding carboxylic acids is 1. The molecule has 2 heterocycles. The average Bonchev–Trinajstić information content (AvgIpc) is 2.66. The molecule has 5 N–H and O–H groups in total. The molecule has 7 atom stereocenters. The highest BCUT2D eigenvalue weighted by Crippen LogP contribution is 2.38. The molecule has 1 saturated heterocycles. The van der Waals surface area contributed by atoms with Gasteiger partial charge in [0.2, 0.25) is 5.91 Å². The van der Waals surface area contributed by atoms with Crippen molar-refractivity contribution in [2.45, 2.75) is 68.9 Å². The van der Waals surface area contributed by atoms with Crippen LogP contribution >= 0.6 is 11.8 Å². The average molecular weight is 399 g/mol. The normalized spacial score (nSPS) is 30.7. The Bertz CT molecular complexity index is 630. The molecule has 1 aromatic rings. The number of unbranched alkanes of at least 4 members (excludes halogenated alkanes) is 1. The Morgan fingerprint density at radius 3 is 2.63 bits per heavy atom. The Morgan fingerprint density at radius 2 is 2.04 bits per heavy atom. The van der Waals surface area contributed by atoms with Crippen LogP contribution in [0.15, 0.2) is 18.3 Å². The molecule has 1 aliphatic rings. The Kier molecular flexibility index (Phi) is 8.05. The first-order valence-electron chi connectivity index (χ1n) is 9.28. The molecule has 1 aliphatic heterocycles. The SMILES string of the molecule is CCCCc1ccnc(C(C(C)C(N)=O)C2OC(SC)C(O)C(O)C2O)c1. The van der Waals surface area contributed by atoms with E-state index in [4.69, 9.17) is 10.5 Å². The molecule has 1 amide bonds. The minimum atomic E-state index is -1.38. The van der Waals surface area contributed by atoms with Gasteiger partial charge in [0, 0.05) is 23.7 Å². The van der Waals surface area contributed by atoms with Crippen LogP contribution in [0.4, 0.5) is 0 Å². The van der Waals surface area contributed by atoms with Crippen molar-refractivity contribution >= 4 is 17.7 Å². The number of hydrogen-bond donors (Lipinski definition) is 4. The van der Waals surface area contributed by atoms with Gasteiger partial charge in [-0.25, -0.2) is 0 Å². The molecule has 1 fully saturated rings. The van der Waals surface area contributed by atoms with Crippen LogP contribution in [0.3, 0.4) is 0 Å². The topological polar surface area (TPSA) is 126 Å². The predicted octanol–water partition coefficient (Wildman–Crippen LogP) is 0.800. The number of nitrogens with zero attached hydrogens (tertiary/aromatic N) is 1. The summed E-state index contributed by atoms with van der Waals surface area (Å²) in [6.07, 6.45) is 1.50. The zero-order valence-electron chi connectivity index (χ0n) is 16.0. The van der Waals surface area contributed by atoms with E-state index in [0.29, 0.717) is 5.69 Å². The lowest BCUT2D eigenvalue weighted by Gasteiger charge is -2.44. The summed E-state index contributed by atoms with van der Waals surface area (Å²) in [7, 11) is 0. The standard InChI is InChI=1S/C19H30N2O5S/c1-4-5-6-11-7-8-21-12(9-11)13(10(2)18(20)25)17-15(23)14(22)16(24)19(26-17)27-3/h7-10,13-17,19,22-24H,4-6H2,1-3H3,(H2,20,25). The van der Waals surface area contributed by atoms with Crippen molar-refractivity contribution in [2.75, 3.05) is 6.26 Å². The van der Waals surface area contributed by atoms with Gasteiger partial charge >= 0.3 is 0 Å². The van der Waals surface area contributed by atoms with Crippen LogP contribution in [-0.2, 0) is 16.0 Å². The van der Waals surface area contributed by atoms with Gasteiger partial charge in [0.25, 0.3) is 0 Å². The first-order valence-corrected chi connectivity index (χ1v) is 10.6. The van der Waals surface area contributed by atoms with Gasteiger partial charge in [0.1, 0.15) is 23.7 Å². The molecule has 0 spiro atoms. The van der Waals surface area contributed by atoms with Gasteiger partial charge in [-0.2, -0.15) is 0 Å².